The molecule has 0 saturated heterocycles. The second-order valence-electron chi connectivity index (χ2n) is 14.2. The van der Waals surface area contributed by atoms with Gasteiger partial charge in [0.1, 0.15) is 0 Å². The molecule has 260 valence electrons. The van der Waals surface area contributed by atoms with Crippen LogP contribution in [-0.4, -0.2) is 19.9 Å². The first-order valence-corrected chi connectivity index (χ1v) is 18.9. The van der Waals surface area contributed by atoms with E-state index in [0.29, 0.717) is 0 Å². The van der Waals surface area contributed by atoms with Crippen LogP contribution < -0.4 is 0 Å². The van der Waals surface area contributed by atoms with Crippen molar-refractivity contribution >= 4 is 0 Å². The Labute approximate surface area is 317 Å². The first-order chi connectivity index (χ1) is 26.7. The van der Waals surface area contributed by atoms with Gasteiger partial charge in [-0.1, -0.05) is 189 Å². The average Bonchev–Trinajstić information content (AvgIpc) is 3.27. The molecule has 2 aromatic heterocycles. The smallest absolute Gasteiger partial charge is 0.160 e. The summed E-state index contributed by atoms with van der Waals surface area (Å²) in [4.78, 5) is 20.2. The van der Waals surface area contributed by atoms with Crippen LogP contribution in [0.4, 0.5) is 0 Å². The molecule has 54 heavy (non-hydrogen) atoms. The molecule has 8 aromatic rings. The Morgan fingerprint density at radius 3 is 0.926 bits per heavy atom. The third-order valence-electron chi connectivity index (χ3n) is 10.8. The average molecular weight is 697 g/mol. The number of benzene rings is 6. The van der Waals surface area contributed by atoms with Crippen LogP contribution in [0.1, 0.15) is 43.2 Å². The van der Waals surface area contributed by atoms with Gasteiger partial charge in [0, 0.05) is 38.8 Å². The molecule has 2 heterocycles. The van der Waals surface area contributed by atoms with Crippen LogP contribution in [0.5, 0.6) is 0 Å². The molecule has 0 spiro atoms. The van der Waals surface area contributed by atoms with Crippen molar-refractivity contribution in [1.29, 1.82) is 0 Å². The Morgan fingerprint density at radius 2 is 0.593 bits per heavy atom. The lowest BCUT2D eigenvalue weighted by Crippen LogP contribution is -2.30. The zero-order valence-electron chi connectivity index (χ0n) is 30.1. The van der Waals surface area contributed by atoms with Crippen LogP contribution in [0.25, 0.3) is 67.8 Å². The molecule has 0 N–H and O–H groups in total. The van der Waals surface area contributed by atoms with Crippen LogP contribution in [0.15, 0.2) is 182 Å². The molecular formula is C50H40N4. The van der Waals surface area contributed by atoms with Crippen molar-refractivity contribution in [3.8, 4) is 67.8 Å². The van der Waals surface area contributed by atoms with E-state index in [2.05, 4.69) is 133 Å². The molecule has 0 amide bonds. The van der Waals surface area contributed by atoms with Gasteiger partial charge in [-0.2, -0.15) is 0 Å². The van der Waals surface area contributed by atoms with Crippen molar-refractivity contribution in [3.63, 3.8) is 0 Å². The second-order valence-corrected chi connectivity index (χ2v) is 14.2. The van der Waals surface area contributed by atoms with Gasteiger partial charge in [-0.15, -0.1) is 0 Å². The van der Waals surface area contributed by atoms with Gasteiger partial charge in [0.2, 0.25) is 0 Å². The predicted molar refractivity (Wildman–Crippen MR) is 221 cm³/mol. The summed E-state index contributed by atoms with van der Waals surface area (Å²) in [6, 6.07) is 63.8. The van der Waals surface area contributed by atoms with Gasteiger partial charge in [0.25, 0.3) is 0 Å². The van der Waals surface area contributed by atoms with Gasteiger partial charge in [-0.25, -0.2) is 19.9 Å². The summed E-state index contributed by atoms with van der Waals surface area (Å²) in [5.41, 5.74) is 12.7. The normalized spacial score (nSPS) is 13.7. The highest BCUT2D eigenvalue weighted by Gasteiger charge is 2.35. The fourth-order valence-corrected chi connectivity index (χ4v) is 7.96. The monoisotopic (exact) mass is 696 g/mol. The Balaban J connectivity index is 1.07. The first kappa shape index (κ1) is 33.3. The molecule has 0 unspecified atom stereocenters. The minimum Gasteiger partial charge on any atom is -0.228 e. The molecule has 4 heteroatoms. The van der Waals surface area contributed by atoms with Crippen molar-refractivity contribution < 1.29 is 0 Å². The van der Waals surface area contributed by atoms with Gasteiger partial charge in [0.05, 0.1) is 22.8 Å². The molecule has 1 aliphatic carbocycles. The Bertz CT molecular complexity index is 2190. The van der Waals surface area contributed by atoms with E-state index in [4.69, 9.17) is 19.9 Å². The SMILES string of the molecule is c1ccc(-c2cc(-c3ccc(C4(c5ccc(-c6cc(-c7ccccc7)nc(-c7ccccc7)n6)cc5)CCCCC4)cc3)nc(-c3ccccc3)n2)cc1. The molecule has 0 bridgehead atoms. The van der Waals surface area contributed by atoms with E-state index in [0.717, 1.165) is 80.6 Å². The van der Waals surface area contributed by atoms with Gasteiger partial charge in [-0.3, -0.25) is 0 Å². The molecule has 6 aromatic carbocycles. The lowest BCUT2D eigenvalue weighted by atomic mass is 9.65. The van der Waals surface area contributed by atoms with Crippen LogP contribution in [-0.2, 0) is 5.41 Å². The van der Waals surface area contributed by atoms with Gasteiger partial charge in [0.15, 0.2) is 11.6 Å². The summed E-state index contributed by atoms with van der Waals surface area (Å²) in [7, 11) is 0. The van der Waals surface area contributed by atoms with Crippen LogP contribution in [0, 0.1) is 0 Å². The Morgan fingerprint density at radius 1 is 0.296 bits per heavy atom. The van der Waals surface area contributed by atoms with E-state index in [1.165, 1.54) is 30.4 Å². The largest absolute Gasteiger partial charge is 0.228 e. The van der Waals surface area contributed by atoms with E-state index < -0.39 is 0 Å². The van der Waals surface area contributed by atoms with Crippen molar-refractivity contribution in [2.45, 2.75) is 37.5 Å². The fraction of sp³-hybridized carbons (Fsp3) is 0.120. The molecule has 0 atom stereocenters. The van der Waals surface area contributed by atoms with E-state index in [9.17, 15) is 0 Å². The zero-order valence-corrected chi connectivity index (χ0v) is 30.1. The molecule has 0 radical (unpaired) electrons. The van der Waals surface area contributed by atoms with Gasteiger partial charge in [-0.05, 0) is 36.1 Å². The summed E-state index contributed by atoms with van der Waals surface area (Å²) in [5.74, 6) is 1.46. The molecule has 0 aliphatic heterocycles. The molecule has 1 aliphatic rings. The number of aromatic nitrogens is 4. The maximum absolute atomic E-state index is 5.08. The first-order valence-electron chi connectivity index (χ1n) is 18.9. The van der Waals surface area contributed by atoms with Crippen molar-refractivity contribution in [3.05, 3.63) is 193 Å². The minimum absolute atomic E-state index is 0.0541. The van der Waals surface area contributed by atoms with E-state index in [1.54, 1.807) is 0 Å². The quantitative estimate of drug-likeness (QED) is 0.159. The molecule has 1 saturated carbocycles. The van der Waals surface area contributed by atoms with E-state index in [-0.39, 0.29) is 5.41 Å². The summed E-state index contributed by atoms with van der Waals surface area (Å²) in [5, 5.41) is 0. The maximum atomic E-state index is 5.08. The van der Waals surface area contributed by atoms with Crippen molar-refractivity contribution in [2.24, 2.45) is 0 Å². The third-order valence-corrected chi connectivity index (χ3v) is 10.8. The van der Waals surface area contributed by atoms with E-state index >= 15 is 0 Å². The highest BCUT2D eigenvalue weighted by atomic mass is 14.9. The fourth-order valence-electron chi connectivity index (χ4n) is 7.96. The summed E-state index contributed by atoms with van der Waals surface area (Å²) in [6.45, 7) is 0. The van der Waals surface area contributed by atoms with Crippen LogP contribution >= 0.6 is 0 Å². The number of rotatable bonds is 8. The lowest BCUT2D eigenvalue weighted by molar-refractivity contribution is 0.346. The molecule has 4 nitrogen and oxygen atoms in total. The van der Waals surface area contributed by atoms with Crippen LogP contribution in [0.3, 0.4) is 0 Å². The highest BCUT2D eigenvalue weighted by molar-refractivity contribution is 5.73. The molecular weight excluding hydrogens is 657 g/mol. The van der Waals surface area contributed by atoms with Gasteiger partial charge >= 0.3 is 0 Å². The minimum atomic E-state index is -0.0541. The Kier molecular flexibility index (Phi) is 9.16. The summed E-state index contributed by atoms with van der Waals surface area (Å²) in [6.07, 6.45) is 5.94. The topological polar surface area (TPSA) is 51.6 Å². The van der Waals surface area contributed by atoms with Crippen molar-refractivity contribution in [2.75, 3.05) is 0 Å². The Hall–Kier alpha value is -6.52. The molecule has 9 rings (SSSR count). The number of nitrogens with zero attached hydrogens (tertiary/aromatic N) is 4. The van der Waals surface area contributed by atoms with Crippen LogP contribution in [0.2, 0.25) is 0 Å². The van der Waals surface area contributed by atoms with Crippen molar-refractivity contribution in [1.82, 2.24) is 19.9 Å². The van der Waals surface area contributed by atoms with Gasteiger partial charge < -0.3 is 0 Å². The predicted octanol–water partition coefficient (Wildman–Crippen LogP) is 12.5. The zero-order chi connectivity index (χ0) is 36.2. The molecule has 1 fully saturated rings. The maximum Gasteiger partial charge on any atom is 0.160 e. The highest BCUT2D eigenvalue weighted by Crippen LogP contribution is 2.46. The number of hydrogen-bond acceptors (Lipinski definition) is 4. The van der Waals surface area contributed by atoms with E-state index in [1.807, 2.05) is 48.5 Å². The third kappa shape index (κ3) is 6.75. The second kappa shape index (κ2) is 14.8. The summed E-state index contributed by atoms with van der Waals surface area (Å²) >= 11 is 0. The summed E-state index contributed by atoms with van der Waals surface area (Å²) < 4.78 is 0. The standard InChI is InChI=1S/C50H40N4/c1-6-16-36(17-7-1)44-34-46(53-48(51-44)40-20-10-3-11-21-40)38-24-28-42(29-25-38)50(32-14-5-15-33-50)43-30-26-39(27-31-43)47-35-45(37-18-8-2-9-19-37)52-49(54-47)41-22-12-4-13-23-41/h1-4,6-13,16-31,34-35H,5,14-15,32-33H2. The lowest BCUT2D eigenvalue weighted by Gasteiger charge is -2.39. The number of hydrogen-bond donors (Lipinski definition) is 0.